The molecule has 26 heavy (non-hydrogen) atoms. The predicted molar refractivity (Wildman–Crippen MR) is 99.8 cm³/mol. The van der Waals surface area contributed by atoms with E-state index in [0.717, 1.165) is 25.9 Å². The zero-order valence-electron chi connectivity index (χ0n) is 14.1. The molecule has 9 heteroatoms. The number of imidazole rings is 1. The summed E-state index contributed by atoms with van der Waals surface area (Å²) >= 11 is 3.35. The van der Waals surface area contributed by atoms with E-state index in [9.17, 15) is 5.11 Å². The van der Waals surface area contributed by atoms with E-state index in [1.54, 1.807) is 31.6 Å². The number of phenolic OH excluding ortho intramolecular Hbond substituents is 1. The van der Waals surface area contributed by atoms with Crippen LogP contribution >= 0.6 is 15.9 Å². The van der Waals surface area contributed by atoms with Crippen LogP contribution in [0, 0.1) is 0 Å². The molecule has 1 aromatic carbocycles. The summed E-state index contributed by atoms with van der Waals surface area (Å²) in [6, 6.07) is 4.93. The number of nitrogens with zero attached hydrogens (tertiary/aromatic N) is 4. The zero-order valence-corrected chi connectivity index (χ0v) is 15.7. The summed E-state index contributed by atoms with van der Waals surface area (Å²) < 4.78 is 13.4. The number of halogens is 1. The van der Waals surface area contributed by atoms with E-state index in [0.29, 0.717) is 33.2 Å². The molecule has 2 aromatic heterocycles. The summed E-state index contributed by atoms with van der Waals surface area (Å²) in [5.41, 5.74) is 1.74. The first-order valence-electron chi connectivity index (χ1n) is 8.31. The number of aromatic hydroxyl groups is 1. The van der Waals surface area contributed by atoms with Crippen molar-refractivity contribution in [3.8, 4) is 11.5 Å². The van der Waals surface area contributed by atoms with Gasteiger partial charge in [0.15, 0.2) is 17.0 Å². The number of nitrogens with one attached hydrogen (secondary N) is 1. The highest BCUT2D eigenvalue weighted by Crippen LogP contribution is 2.33. The minimum atomic E-state index is -0.0753. The van der Waals surface area contributed by atoms with Gasteiger partial charge >= 0.3 is 0 Å². The number of anilines is 2. The first-order valence-corrected chi connectivity index (χ1v) is 9.10. The van der Waals surface area contributed by atoms with Crippen molar-refractivity contribution in [2.45, 2.75) is 25.5 Å². The lowest BCUT2D eigenvalue weighted by atomic mass is 10.2. The number of rotatable bonds is 4. The van der Waals surface area contributed by atoms with Gasteiger partial charge in [0.2, 0.25) is 4.73 Å². The Bertz CT molecular complexity index is 940. The van der Waals surface area contributed by atoms with Gasteiger partial charge in [0.1, 0.15) is 17.7 Å². The van der Waals surface area contributed by atoms with Crippen LogP contribution < -0.4 is 10.1 Å². The van der Waals surface area contributed by atoms with Gasteiger partial charge in [0.25, 0.3) is 0 Å². The lowest BCUT2D eigenvalue weighted by Gasteiger charge is -2.23. The standard InChI is InChI=1S/C17H18BrN5O3/c1-25-10-5-6-12(24)11(8-10)20-15-14-16(22-17(18)21-15)23(9-19-14)13-4-2-3-7-26-13/h5-6,8-9,13,24H,2-4,7H2,1H3,(H,20,21,22). The summed E-state index contributed by atoms with van der Waals surface area (Å²) in [6.45, 7) is 0.735. The van der Waals surface area contributed by atoms with Gasteiger partial charge in [0, 0.05) is 12.7 Å². The van der Waals surface area contributed by atoms with Crippen LogP contribution in [0.2, 0.25) is 0 Å². The molecule has 4 rings (SSSR count). The average Bonchev–Trinajstić information content (AvgIpc) is 3.08. The molecule has 0 bridgehead atoms. The largest absolute Gasteiger partial charge is 0.506 e. The van der Waals surface area contributed by atoms with Crippen molar-refractivity contribution in [1.82, 2.24) is 19.5 Å². The molecular formula is C17H18BrN5O3. The number of hydrogen-bond donors (Lipinski definition) is 2. The molecule has 0 amide bonds. The second-order valence-electron chi connectivity index (χ2n) is 5.99. The summed E-state index contributed by atoms with van der Waals surface area (Å²) in [5.74, 6) is 1.19. The molecule has 3 aromatic rings. The third kappa shape index (κ3) is 3.19. The lowest BCUT2D eigenvalue weighted by molar-refractivity contribution is -0.0298. The Morgan fingerprint density at radius 3 is 3.00 bits per heavy atom. The highest BCUT2D eigenvalue weighted by atomic mass is 79.9. The first-order chi connectivity index (χ1) is 12.7. The topological polar surface area (TPSA) is 94.3 Å². The summed E-state index contributed by atoms with van der Waals surface area (Å²) in [6.07, 6.45) is 4.75. The summed E-state index contributed by atoms with van der Waals surface area (Å²) in [4.78, 5) is 13.3. The maximum absolute atomic E-state index is 10.1. The summed E-state index contributed by atoms with van der Waals surface area (Å²) in [7, 11) is 1.57. The molecule has 1 fully saturated rings. The number of phenols is 1. The van der Waals surface area contributed by atoms with Gasteiger partial charge in [0.05, 0.1) is 19.1 Å². The van der Waals surface area contributed by atoms with Crippen molar-refractivity contribution in [2.24, 2.45) is 0 Å². The van der Waals surface area contributed by atoms with E-state index in [-0.39, 0.29) is 12.0 Å². The molecule has 0 radical (unpaired) electrons. The molecule has 3 heterocycles. The Labute approximate surface area is 158 Å². The molecule has 0 aliphatic carbocycles. The Hall–Kier alpha value is -2.39. The fourth-order valence-electron chi connectivity index (χ4n) is 3.00. The van der Waals surface area contributed by atoms with Gasteiger partial charge in [-0.1, -0.05) is 0 Å². The van der Waals surface area contributed by atoms with Gasteiger partial charge in [-0.2, -0.15) is 0 Å². The maximum atomic E-state index is 10.1. The van der Waals surface area contributed by atoms with Crippen LogP contribution in [-0.2, 0) is 4.74 Å². The van der Waals surface area contributed by atoms with Gasteiger partial charge in [-0.15, -0.1) is 0 Å². The van der Waals surface area contributed by atoms with E-state index >= 15 is 0 Å². The van der Waals surface area contributed by atoms with Crippen LogP contribution in [0.15, 0.2) is 29.3 Å². The third-order valence-corrected chi connectivity index (χ3v) is 4.67. The van der Waals surface area contributed by atoms with Gasteiger partial charge in [-0.05, 0) is 47.3 Å². The molecular weight excluding hydrogens is 402 g/mol. The van der Waals surface area contributed by atoms with E-state index in [1.807, 2.05) is 4.57 Å². The van der Waals surface area contributed by atoms with E-state index in [4.69, 9.17) is 9.47 Å². The Balaban J connectivity index is 1.75. The minimum Gasteiger partial charge on any atom is -0.506 e. The smallest absolute Gasteiger partial charge is 0.200 e. The maximum Gasteiger partial charge on any atom is 0.200 e. The van der Waals surface area contributed by atoms with Crippen molar-refractivity contribution in [2.75, 3.05) is 19.0 Å². The monoisotopic (exact) mass is 419 g/mol. The molecule has 136 valence electrons. The highest BCUT2D eigenvalue weighted by Gasteiger charge is 2.21. The molecule has 1 aliphatic rings. The highest BCUT2D eigenvalue weighted by molar-refractivity contribution is 9.10. The second kappa shape index (κ2) is 7.08. The van der Waals surface area contributed by atoms with Gasteiger partial charge < -0.3 is 19.9 Å². The van der Waals surface area contributed by atoms with Crippen LogP contribution in [0.1, 0.15) is 25.5 Å². The van der Waals surface area contributed by atoms with Crippen molar-refractivity contribution in [3.63, 3.8) is 0 Å². The van der Waals surface area contributed by atoms with Crippen LogP contribution in [-0.4, -0.2) is 38.3 Å². The van der Waals surface area contributed by atoms with Crippen LogP contribution in [0.5, 0.6) is 11.5 Å². The number of benzene rings is 1. The number of fused-ring (bicyclic) bond motifs is 1. The van der Waals surface area contributed by atoms with Gasteiger partial charge in [-0.3, -0.25) is 4.57 Å². The molecule has 1 atom stereocenters. The van der Waals surface area contributed by atoms with Crippen molar-refractivity contribution in [1.29, 1.82) is 0 Å². The number of ether oxygens (including phenoxy) is 2. The molecule has 1 aliphatic heterocycles. The van der Waals surface area contributed by atoms with E-state index < -0.39 is 0 Å². The van der Waals surface area contributed by atoms with Crippen molar-refractivity contribution in [3.05, 3.63) is 29.3 Å². The molecule has 1 unspecified atom stereocenters. The molecule has 8 nitrogen and oxygen atoms in total. The number of aromatic nitrogens is 4. The van der Waals surface area contributed by atoms with Crippen molar-refractivity contribution >= 4 is 38.6 Å². The fourth-order valence-corrected chi connectivity index (χ4v) is 3.35. The third-order valence-electron chi connectivity index (χ3n) is 4.32. The minimum absolute atomic E-state index is 0.0753. The molecule has 0 saturated carbocycles. The number of hydrogen-bond acceptors (Lipinski definition) is 7. The predicted octanol–water partition coefficient (Wildman–Crippen LogP) is 3.75. The molecule has 0 spiro atoms. The SMILES string of the molecule is COc1ccc(O)c(Nc2nc(Br)nc3c2ncn3C2CCCCO2)c1. The Kier molecular flexibility index (Phi) is 4.64. The lowest BCUT2D eigenvalue weighted by Crippen LogP contribution is -2.17. The van der Waals surface area contributed by atoms with Crippen molar-refractivity contribution < 1.29 is 14.6 Å². The second-order valence-corrected chi connectivity index (χ2v) is 6.70. The first kappa shape index (κ1) is 17.0. The van der Waals surface area contributed by atoms with E-state index in [2.05, 4.69) is 36.2 Å². The van der Waals surface area contributed by atoms with Crippen LogP contribution in [0.3, 0.4) is 0 Å². The zero-order chi connectivity index (χ0) is 18.1. The van der Waals surface area contributed by atoms with Crippen LogP contribution in [0.25, 0.3) is 11.2 Å². The summed E-state index contributed by atoms with van der Waals surface area (Å²) in [5, 5.41) is 13.2. The molecule has 1 saturated heterocycles. The quantitative estimate of drug-likeness (QED) is 0.491. The fraction of sp³-hybridized carbons (Fsp3) is 0.353. The Morgan fingerprint density at radius 1 is 1.35 bits per heavy atom. The Morgan fingerprint density at radius 2 is 2.23 bits per heavy atom. The number of methoxy groups -OCH3 is 1. The average molecular weight is 420 g/mol. The van der Waals surface area contributed by atoms with E-state index in [1.165, 1.54) is 0 Å². The van der Waals surface area contributed by atoms with Crippen LogP contribution in [0.4, 0.5) is 11.5 Å². The molecule has 2 N–H and O–H groups in total. The van der Waals surface area contributed by atoms with Gasteiger partial charge in [-0.25, -0.2) is 15.0 Å². The normalized spacial score (nSPS) is 17.4.